The van der Waals surface area contributed by atoms with E-state index < -0.39 is 0 Å². The smallest absolute Gasteiger partial charge is 0.104 e. The molecular weight excluding hydrogens is 621 g/mol. The van der Waals surface area contributed by atoms with E-state index >= 15 is 0 Å². The van der Waals surface area contributed by atoms with Gasteiger partial charge in [-0.2, -0.15) is 0 Å². The SMILES string of the molecule is C1=C(c2cccc(Cn3c4ccccc4c4ccccc43)c2-n2c3ccccc3c3ccccc32)N[C@H](c2ccccc2)NC1C1CCCCC1. The first-order valence-corrected chi connectivity index (χ1v) is 18.7. The van der Waals surface area contributed by atoms with Gasteiger partial charge in [-0.3, -0.25) is 5.32 Å². The van der Waals surface area contributed by atoms with Crippen LogP contribution in [0.1, 0.15) is 55.0 Å². The number of fused-ring (bicyclic) bond motifs is 6. The highest BCUT2D eigenvalue weighted by Crippen LogP contribution is 2.40. The summed E-state index contributed by atoms with van der Waals surface area (Å²) in [5.41, 5.74) is 11.2. The first-order valence-electron chi connectivity index (χ1n) is 18.7. The Morgan fingerprint density at radius 3 is 1.71 bits per heavy atom. The van der Waals surface area contributed by atoms with Gasteiger partial charge in [-0.25, -0.2) is 0 Å². The highest BCUT2D eigenvalue weighted by Gasteiger charge is 2.31. The van der Waals surface area contributed by atoms with Gasteiger partial charge in [-0.1, -0.05) is 141 Å². The van der Waals surface area contributed by atoms with E-state index in [4.69, 9.17) is 0 Å². The van der Waals surface area contributed by atoms with Crippen molar-refractivity contribution in [3.8, 4) is 5.69 Å². The standard InChI is InChI=1S/C47H42N4/c1-3-16-32(17-4-1)40-30-41(49-47(48-40)33-18-5-2-6-19-33)39-25-15-20-34(31-50-42-26-11-7-21-35(42)36-22-8-12-27-43(36)50)46(39)51-44-28-13-9-23-37(44)38-24-10-14-29-45(38)51/h2,5-15,18-30,32,40,47-49H,1,3-4,16-17,31H2/t40?,47-/m1/s1. The van der Waals surface area contributed by atoms with Gasteiger partial charge in [-0.15, -0.1) is 0 Å². The van der Waals surface area contributed by atoms with Gasteiger partial charge in [0, 0.05) is 49.9 Å². The van der Waals surface area contributed by atoms with Crippen molar-refractivity contribution in [3.05, 3.63) is 168 Å². The fourth-order valence-electron chi connectivity index (χ4n) is 9.13. The van der Waals surface area contributed by atoms with E-state index in [2.05, 4.69) is 171 Å². The van der Waals surface area contributed by atoms with Crippen LogP contribution in [0.4, 0.5) is 0 Å². The summed E-state index contributed by atoms with van der Waals surface area (Å²) in [5, 5.41) is 13.2. The van der Waals surface area contributed by atoms with E-state index in [1.807, 2.05) is 0 Å². The van der Waals surface area contributed by atoms with Crippen LogP contribution < -0.4 is 10.6 Å². The monoisotopic (exact) mass is 662 g/mol. The van der Waals surface area contributed by atoms with Crippen molar-refractivity contribution < 1.29 is 0 Å². The lowest BCUT2D eigenvalue weighted by Crippen LogP contribution is -2.47. The molecule has 2 aliphatic rings. The number of aromatic nitrogens is 2. The van der Waals surface area contributed by atoms with Gasteiger partial charge in [0.2, 0.25) is 0 Å². The van der Waals surface area contributed by atoms with E-state index in [0.717, 1.165) is 6.54 Å². The zero-order valence-electron chi connectivity index (χ0n) is 28.8. The molecule has 1 aliphatic heterocycles. The molecule has 0 saturated heterocycles. The molecule has 8 aromatic rings. The Morgan fingerprint density at radius 2 is 1.08 bits per heavy atom. The normalized spacial score (nSPS) is 18.4. The lowest BCUT2D eigenvalue weighted by atomic mass is 9.82. The molecule has 1 aliphatic carbocycles. The molecule has 4 nitrogen and oxygen atoms in total. The van der Waals surface area contributed by atoms with Crippen molar-refractivity contribution in [2.75, 3.05) is 0 Å². The van der Waals surface area contributed by atoms with Crippen molar-refractivity contribution >= 4 is 49.3 Å². The molecular formula is C47H42N4. The van der Waals surface area contributed by atoms with E-state index in [1.54, 1.807) is 0 Å². The Kier molecular flexibility index (Phi) is 7.50. The van der Waals surface area contributed by atoms with Crippen LogP contribution in [0.5, 0.6) is 0 Å². The molecule has 0 radical (unpaired) electrons. The Labute approximate surface area is 299 Å². The third kappa shape index (κ3) is 5.16. The topological polar surface area (TPSA) is 33.9 Å². The van der Waals surface area contributed by atoms with Crippen LogP contribution in [-0.4, -0.2) is 15.2 Å². The summed E-state index contributed by atoms with van der Waals surface area (Å²) >= 11 is 0. The highest BCUT2D eigenvalue weighted by atomic mass is 15.2. The van der Waals surface area contributed by atoms with E-state index in [0.29, 0.717) is 12.0 Å². The molecule has 2 N–H and O–H groups in total. The molecule has 6 aromatic carbocycles. The molecule has 250 valence electrons. The lowest BCUT2D eigenvalue weighted by Gasteiger charge is -2.38. The zero-order chi connectivity index (χ0) is 33.7. The fourth-order valence-corrected chi connectivity index (χ4v) is 9.13. The average Bonchev–Trinajstić information content (AvgIpc) is 3.71. The second-order valence-corrected chi connectivity index (χ2v) is 14.5. The average molecular weight is 663 g/mol. The summed E-state index contributed by atoms with van der Waals surface area (Å²) in [6.07, 6.45) is 9.07. The Bertz CT molecular complexity index is 2460. The van der Waals surface area contributed by atoms with Crippen molar-refractivity contribution in [1.29, 1.82) is 0 Å². The second-order valence-electron chi connectivity index (χ2n) is 14.5. The minimum absolute atomic E-state index is 0.0186. The van der Waals surface area contributed by atoms with E-state index in [-0.39, 0.29) is 6.17 Å². The molecule has 1 fully saturated rings. The molecule has 2 atom stereocenters. The van der Waals surface area contributed by atoms with Crippen molar-refractivity contribution in [3.63, 3.8) is 0 Å². The molecule has 1 unspecified atom stereocenters. The van der Waals surface area contributed by atoms with Crippen LogP contribution >= 0.6 is 0 Å². The number of benzene rings is 6. The van der Waals surface area contributed by atoms with Gasteiger partial charge in [0.05, 0.1) is 23.3 Å². The zero-order valence-corrected chi connectivity index (χ0v) is 28.8. The third-order valence-corrected chi connectivity index (χ3v) is 11.5. The molecule has 1 saturated carbocycles. The molecule has 2 aromatic heterocycles. The molecule has 0 amide bonds. The number of nitrogens with zero attached hydrogens (tertiary/aromatic N) is 2. The Hall–Kier alpha value is -5.58. The van der Waals surface area contributed by atoms with Crippen molar-refractivity contribution in [2.45, 2.75) is 50.9 Å². The molecule has 10 rings (SSSR count). The number of rotatable bonds is 6. The van der Waals surface area contributed by atoms with Crippen LogP contribution in [-0.2, 0) is 6.54 Å². The first-order chi connectivity index (χ1) is 25.3. The fraction of sp³-hybridized carbons (Fsp3) is 0.191. The van der Waals surface area contributed by atoms with Crippen LogP contribution in [0.3, 0.4) is 0 Å². The minimum atomic E-state index is 0.0186. The number of para-hydroxylation sites is 5. The van der Waals surface area contributed by atoms with Crippen LogP contribution in [0.25, 0.3) is 55.0 Å². The molecule has 0 bridgehead atoms. The van der Waals surface area contributed by atoms with Gasteiger partial charge < -0.3 is 14.5 Å². The summed E-state index contributed by atoms with van der Waals surface area (Å²) in [6.45, 7) is 0.748. The Morgan fingerprint density at radius 1 is 0.529 bits per heavy atom. The molecule has 3 heterocycles. The van der Waals surface area contributed by atoms with Crippen LogP contribution in [0.2, 0.25) is 0 Å². The van der Waals surface area contributed by atoms with Gasteiger partial charge >= 0.3 is 0 Å². The van der Waals surface area contributed by atoms with E-state index in [1.165, 1.54) is 104 Å². The summed E-state index contributed by atoms with van der Waals surface area (Å²) in [6, 6.07) is 53.7. The number of hydrogen-bond donors (Lipinski definition) is 2. The van der Waals surface area contributed by atoms with Gasteiger partial charge in [-0.05, 0) is 60.2 Å². The van der Waals surface area contributed by atoms with Gasteiger partial charge in [0.25, 0.3) is 0 Å². The van der Waals surface area contributed by atoms with Crippen molar-refractivity contribution in [1.82, 2.24) is 19.8 Å². The maximum absolute atomic E-state index is 4.05. The summed E-state index contributed by atoms with van der Waals surface area (Å²) in [4.78, 5) is 0. The number of hydrogen-bond acceptors (Lipinski definition) is 2. The summed E-state index contributed by atoms with van der Waals surface area (Å²) in [5.74, 6) is 0.625. The minimum Gasteiger partial charge on any atom is -0.366 e. The summed E-state index contributed by atoms with van der Waals surface area (Å²) < 4.78 is 5.06. The third-order valence-electron chi connectivity index (χ3n) is 11.5. The molecule has 0 spiro atoms. The quantitative estimate of drug-likeness (QED) is 0.186. The summed E-state index contributed by atoms with van der Waals surface area (Å²) in [7, 11) is 0. The lowest BCUT2D eigenvalue weighted by molar-refractivity contribution is 0.270. The van der Waals surface area contributed by atoms with E-state index in [9.17, 15) is 0 Å². The Balaban J connectivity index is 1.23. The predicted octanol–water partition coefficient (Wildman–Crippen LogP) is 11.1. The van der Waals surface area contributed by atoms with Crippen LogP contribution in [0, 0.1) is 5.92 Å². The highest BCUT2D eigenvalue weighted by molar-refractivity contribution is 6.10. The number of nitrogens with one attached hydrogen (secondary N) is 2. The molecule has 4 heteroatoms. The molecule has 51 heavy (non-hydrogen) atoms. The van der Waals surface area contributed by atoms with Gasteiger partial charge in [0.1, 0.15) is 6.17 Å². The van der Waals surface area contributed by atoms with Crippen molar-refractivity contribution in [2.24, 2.45) is 5.92 Å². The first kappa shape index (κ1) is 30.3. The predicted molar refractivity (Wildman–Crippen MR) is 213 cm³/mol. The van der Waals surface area contributed by atoms with Gasteiger partial charge in [0.15, 0.2) is 0 Å². The maximum Gasteiger partial charge on any atom is 0.104 e. The van der Waals surface area contributed by atoms with Crippen LogP contribution in [0.15, 0.2) is 152 Å². The second kappa shape index (κ2) is 12.6. The maximum atomic E-state index is 4.05. The largest absolute Gasteiger partial charge is 0.366 e.